The van der Waals surface area contributed by atoms with E-state index in [2.05, 4.69) is 15.1 Å². The largest absolute Gasteiger partial charge is 0.384 e. The van der Waals surface area contributed by atoms with Crippen LogP contribution in [-0.2, 0) is 21.8 Å². The Kier molecular flexibility index (Phi) is 4.79. The topological polar surface area (TPSA) is 85.2 Å². The van der Waals surface area contributed by atoms with Gasteiger partial charge in [0.25, 0.3) is 0 Å². The van der Waals surface area contributed by atoms with Gasteiger partial charge in [0, 0.05) is 32.3 Å². The third kappa shape index (κ3) is 3.57. The molecule has 1 aromatic rings. The number of aromatic nitrogens is 2. The molecule has 0 bridgehead atoms. The molecule has 1 fully saturated rings. The molecule has 0 spiro atoms. The highest BCUT2D eigenvalue weighted by Gasteiger charge is 2.33. The molecular formula is C12H22N4O3S. The maximum Gasteiger partial charge on any atom is 0.243 e. The van der Waals surface area contributed by atoms with Gasteiger partial charge in [-0.2, -0.15) is 5.10 Å². The first-order valence-electron chi connectivity index (χ1n) is 6.65. The van der Waals surface area contributed by atoms with E-state index in [0.29, 0.717) is 13.2 Å². The van der Waals surface area contributed by atoms with Gasteiger partial charge in [0.1, 0.15) is 4.90 Å². The van der Waals surface area contributed by atoms with Crippen LogP contribution in [0.15, 0.2) is 17.3 Å². The van der Waals surface area contributed by atoms with Crippen molar-refractivity contribution < 1.29 is 13.2 Å². The summed E-state index contributed by atoms with van der Waals surface area (Å²) in [7, 11) is -0.160. The summed E-state index contributed by atoms with van der Waals surface area (Å²) in [4.78, 5) is 0.196. The molecule has 0 saturated carbocycles. The van der Waals surface area contributed by atoms with Crippen molar-refractivity contribution in [2.45, 2.75) is 17.7 Å². The van der Waals surface area contributed by atoms with Gasteiger partial charge in [0.2, 0.25) is 10.0 Å². The molecule has 2 N–H and O–H groups in total. The SMILES string of the molecule is COCC1(CNS(=O)(=O)c2cnn(C)c2)CCNCC1. The molecule has 2 heterocycles. The fourth-order valence-corrected chi connectivity index (χ4v) is 3.64. The number of sulfonamides is 1. The summed E-state index contributed by atoms with van der Waals surface area (Å²) in [5.74, 6) is 0. The Morgan fingerprint density at radius 2 is 2.20 bits per heavy atom. The number of nitrogens with one attached hydrogen (secondary N) is 2. The lowest BCUT2D eigenvalue weighted by molar-refractivity contribution is 0.0577. The normalized spacial score (nSPS) is 19.1. The Bertz CT molecular complexity index is 529. The average Bonchev–Trinajstić information content (AvgIpc) is 2.86. The molecule has 1 saturated heterocycles. The van der Waals surface area contributed by atoms with Crippen LogP contribution >= 0.6 is 0 Å². The highest BCUT2D eigenvalue weighted by Crippen LogP contribution is 2.28. The first-order valence-corrected chi connectivity index (χ1v) is 8.14. The molecule has 0 amide bonds. The molecule has 0 aliphatic carbocycles. The summed E-state index contributed by atoms with van der Waals surface area (Å²) >= 11 is 0. The Morgan fingerprint density at radius 3 is 2.75 bits per heavy atom. The monoisotopic (exact) mass is 302 g/mol. The summed E-state index contributed by atoms with van der Waals surface area (Å²) in [5, 5.41) is 7.18. The van der Waals surface area contributed by atoms with Gasteiger partial charge < -0.3 is 10.1 Å². The van der Waals surface area contributed by atoms with E-state index in [-0.39, 0.29) is 10.3 Å². The Hall–Kier alpha value is -0.960. The van der Waals surface area contributed by atoms with Crippen LogP contribution in [0.1, 0.15) is 12.8 Å². The molecule has 1 aliphatic rings. The number of rotatable bonds is 6. The van der Waals surface area contributed by atoms with Gasteiger partial charge in [-0.15, -0.1) is 0 Å². The Balaban J connectivity index is 2.05. The zero-order valence-electron chi connectivity index (χ0n) is 11.9. The summed E-state index contributed by atoms with van der Waals surface area (Å²) in [5.41, 5.74) is -0.130. The molecular weight excluding hydrogens is 280 g/mol. The average molecular weight is 302 g/mol. The van der Waals surface area contributed by atoms with Crippen molar-refractivity contribution in [1.29, 1.82) is 0 Å². The van der Waals surface area contributed by atoms with Gasteiger partial charge in [-0.1, -0.05) is 0 Å². The standard InChI is InChI=1S/C12H22N4O3S/c1-16-8-11(7-14-16)20(17,18)15-9-12(10-19-2)3-5-13-6-4-12/h7-8,13,15H,3-6,9-10H2,1-2H3. The maximum atomic E-state index is 12.2. The van der Waals surface area contributed by atoms with Gasteiger partial charge in [0.05, 0.1) is 12.8 Å². The minimum absolute atomic E-state index is 0.130. The van der Waals surface area contributed by atoms with Crippen molar-refractivity contribution in [3.8, 4) is 0 Å². The van der Waals surface area contributed by atoms with Crippen LogP contribution < -0.4 is 10.0 Å². The predicted octanol–water partition coefficient (Wildman–Crippen LogP) is -0.285. The van der Waals surface area contributed by atoms with Gasteiger partial charge in [-0.05, 0) is 25.9 Å². The van der Waals surface area contributed by atoms with Crippen LogP contribution in [0.5, 0.6) is 0 Å². The van der Waals surface area contributed by atoms with Crippen LogP contribution in [0.4, 0.5) is 0 Å². The fourth-order valence-electron chi connectivity index (χ4n) is 2.50. The molecule has 0 aromatic carbocycles. The minimum Gasteiger partial charge on any atom is -0.384 e. The van der Waals surface area contributed by atoms with E-state index in [1.54, 1.807) is 14.2 Å². The molecule has 1 aliphatic heterocycles. The van der Waals surface area contributed by atoms with Crippen molar-refractivity contribution in [3.05, 3.63) is 12.4 Å². The number of piperidine rings is 1. The molecule has 0 atom stereocenters. The second-order valence-corrected chi connectivity index (χ2v) is 7.12. The lowest BCUT2D eigenvalue weighted by atomic mass is 9.80. The molecule has 0 unspecified atom stereocenters. The van der Waals surface area contributed by atoms with Crippen molar-refractivity contribution in [1.82, 2.24) is 19.8 Å². The van der Waals surface area contributed by atoms with E-state index in [1.165, 1.54) is 17.1 Å². The number of hydrogen-bond donors (Lipinski definition) is 2. The number of methoxy groups -OCH3 is 1. The summed E-state index contributed by atoms with van der Waals surface area (Å²) < 4.78 is 33.9. The van der Waals surface area contributed by atoms with E-state index >= 15 is 0 Å². The fraction of sp³-hybridized carbons (Fsp3) is 0.750. The first kappa shape index (κ1) is 15.4. The molecule has 7 nitrogen and oxygen atoms in total. The third-order valence-electron chi connectivity index (χ3n) is 3.74. The maximum absolute atomic E-state index is 12.2. The van der Waals surface area contributed by atoms with Crippen LogP contribution in [0, 0.1) is 5.41 Å². The summed E-state index contributed by atoms with van der Waals surface area (Å²) in [6.07, 6.45) is 4.65. The van der Waals surface area contributed by atoms with Crippen LogP contribution in [0.3, 0.4) is 0 Å². The third-order valence-corrected chi connectivity index (χ3v) is 5.10. The highest BCUT2D eigenvalue weighted by molar-refractivity contribution is 7.89. The number of nitrogens with zero attached hydrogens (tertiary/aromatic N) is 2. The zero-order chi connectivity index (χ0) is 14.6. The lowest BCUT2D eigenvalue weighted by Gasteiger charge is -2.37. The van der Waals surface area contributed by atoms with Crippen molar-refractivity contribution in [2.75, 3.05) is 33.4 Å². The number of ether oxygens (including phenoxy) is 1. The molecule has 1 aromatic heterocycles. The summed E-state index contributed by atoms with van der Waals surface area (Å²) in [6.45, 7) is 2.72. The van der Waals surface area contributed by atoms with Crippen LogP contribution in [0.2, 0.25) is 0 Å². The molecule has 8 heteroatoms. The van der Waals surface area contributed by atoms with Crippen molar-refractivity contribution in [3.63, 3.8) is 0 Å². The van der Waals surface area contributed by atoms with Gasteiger partial charge in [-0.25, -0.2) is 13.1 Å². The van der Waals surface area contributed by atoms with Crippen LogP contribution in [-0.4, -0.2) is 51.5 Å². The Morgan fingerprint density at radius 1 is 1.50 bits per heavy atom. The molecule has 2 rings (SSSR count). The lowest BCUT2D eigenvalue weighted by Crippen LogP contribution is -2.47. The quantitative estimate of drug-likeness (QED) is 0.754. The highest BCUT2D eigenvalue weighted by atomic mass is 32.2. The second kappa shape index (κ2) is 6.21. The van der Waals surface area contributed by atoms with E-state index in [9.17, 15) is 8.42 Å². The molecule has 114 valence electrons. The predicted molar refractivity (Wildman–Crippen MR) is 74.8 cm³/mol. The second-order valence-electron chi connectivity index (χ2n) is 5.36. The van der Waals surface area contributed by atoms with E-state index in [4.69, 9.17) is 4.74 Å². The van der Waals surface area contributed by atoms with Crippen LogP contribution in [0.25, 0.3) is 0 Å². The Labute approximate surface area is 119 Å². The van der Waals surface area contributed by atoms with Crippen molar-refractivity contribution >= 4 is 10.0 Å². The van der Waals surface area contributed by atoms with Crippen molar-refractivity contribution in [2.24, 2.45) is 12.5 Å². The van der Waals surface area contributed by atoms with Gasteiger partial charge >= 0.3 is 0 Å². The van der Waals surface area contributed by atoms with E-state index in [1.807, 2.05) is 0 Å². The number of hydrogen-bond acceptors (Lipinski definition) is 5. The molecule has 0 radical (unpaired) electrons. The van der Waals surface area contributed by atoms with Gasteiger partial charge in [-0.3, -0.25) is 4.68 Å². The first-order chi connectivity index (χ1) is 9.47. The van der Waals surface area contributed by atoms with E-state index < -0.39 is 10.0 Å². The van der Waals surface area contributed by atoms with E-state index in [0.717, 1.165) is 25.9 Å². The smallest absolute Gasteiger partial charge is 0.243 e. The zero-order valence-corrected chi connectivity index (χ0v) is 12.7. The number of aryl methyl sites for hydroxylation is 1. The minimum atomic E-state index is -3.50. The van der Waals surface area contributed by atoms with Gasteiger partial charge in [0.15, 0.2) is 0 Å². The molecule has 20 heavy (non-hydrogen) atoms. The summed E-state index contributed by atoms with van der Waals surface area (Å²) in [6, 6.07) is 0.